The summed E-state index contributed by atoms with van der Waals surface area (Å²) in [7, 11) is 0. The number of nitrogens with two attached hydrogens (primary N) is 1. The molecule has 0 unspecified atom stereocenters. The highest BCUT2D eigenvalue weighted by Gasteiger charge is 2.17. The quantitative estimate of drug-likeness (QED) is 0.527. The monoisotopic (exact) mass is 285 g/mol. The molecule has 106 valence electrons. The molecule has 1 aromatic heterocycles. The molecule has 1 aliphatic rings. The van der Waals surface area contributed by atoms with Gasteiger partial charge in [-0.3, -0.25) is 9.80 Å². The van der Waals surface area contributed by atoms with Crippen molar-refractivity contribution >= 4 is 17.4 Å². The topological polar surface area (TPSA) is 77.7 Å². The number of aliphatic hydroxyl groups is 1. The summed E-state index contributed by atoms with van der Waals surface area (Å²) < 4.78 is 0. The summed E-state index contributed by atoms with van der Waals surface area (Å²) in [6, 6.07) is 3.56. The van der Waals surface area contributed by atoms with Crippen molar-refractivity contribution in [3.05, 3.63) is 22.8 Å². The van der Waals surface area contributed by atoms with E-state index in [9.17, 15) is 0 Å². The molecule has 0 aliphatic carbocycles. The largest absolute Gasteiger partial charge is 0.395 e. The summed E-state index contributed by atoms with van der Waals surface area (Å²) in [5, 5.41) is 9.58. The predicted molar refractivity (Wildman–Crippen MR) is 75.9 cm³/mol. The van der Waals surface area contributed by atoms with Crippen molar-refractivity contribution in [1.29, 1.82) is 0 Å². The number of nitrogen functional groups attached to an aromatic ring is 1. The van der Waals surface area contributed by atoms with E-state index in [0.29, 0.717) is 10.8 Å². The third-order valence-electron chi connectivity index (χ3n) is 3.32. The van der Waals surface area contributed by atoms with Crippen LogP contribution < -0.4 is 11.3 Å². The number of nitrogens with zero attached hydrogens (tertiary/aromatic N) is 3. The lowest BCUT2D eigenvalue weighted by Crippen LogP contribution is -2.46. The Kier molecular flexibility index (Phi) is 5.35. The first-order valence-electron chi connectivity index (χ1n) is 6.40. The van der Waals surface area contributed by atoms with E-state index in [0.717, 1.165) is 45.0 Å². The third-order valence-corrected chi connectivity index (χ3v) is 3.67. The minimum absolute atomic E-state index is 0.220. The van der Waals surface area contributed by atoms with Crippen LogP contribution >= 0.6 is 11.6 Å². The van der Waals surface area contributed by atoms with Crippen LogP contribution in [0.3, 0.4) is 0 Å². The molecule has 0 bridgehead atoms. The second-order valence-corrected chi connectivity index (χ2v) is 5.02. The van der Waals surface area contributed by atoms with Crippen molar-refractivity contribution < 1.29 is 5.11 Å². The Labute approximate surface area is 118 Å². The fourth-order valence-corrected chi connectivity index (χ4v) is 2.36. The molecule has 19 heavy (non-hydrogen) atoms. The number of anilines is 1. The van der Waals surface area contributed by atoms with Crippen LogP contribution in [-0.2, 0) is 6.54 Å². The van der Waals surface area contributed by atoms with Gasteiger partial charge < -0.3 is 10.5 Å². The molecule has 4 N–H and O–H groups in total. The minimum Gasteiger partial charge on any atom is -0.395 e. The zero-order valence-corrected chi connectivity index (χ0v) is 11.6. The normalized spacial score (nSPS) is 17.6. The number of hydrazine groups is 1. The highest BCUT2D eigenvalue weighted by atomic mass is 35.5. The van der Waals surface area contributed by atoms with Gasteiger partial charge in [0.2, 0.25) is 0 Å². The van der Waals surface area contributed by atoms with Crippen molar-refractivity contribution in [1.82, 2.24) is 14.8 Å². The first kappa shape index (κ1) is 14.5. The van der Waals surface area contributed by atoms with Gasteiger partial charge in [0.05, 0.1) is 17.3 Å². The molecule has 0 radical (unpaired) electrons. The number of halogens is 1. The van der Waals surface area contributed by atoms with E-state index in [4.69, 9.17) is 22.6 Å². The first-order chi connectivity index (χ1) is 9.22. The molecule has 1 aliphatic heterocycles. The van der Waals surface area contributed by atoms with Crippen molar-refractivity contribution in [3.8, 4) is 0 Å². The lowest BCUT2D eigenvalue weighted by Gasteiger charge is -2.34. The summed E-state index contributed by atoms with van der Waals surface area (Å²) in [5.41, 5.74) is 3.37. The second kappa shape index (κ2) is 7.02. The number of hydrogen-bond acceptors (Lipinski definition) is 6. The number of hydrogen-bond donors (Lipinski definition) is 3. The Hall–Kier alpha value is -0.920. The average Bonchev–Trinajstić information content (AvgIpc) is 2.44. The van der Waals surface area contributed by atoms with Gasteiger partial charge in [-0.1, -0.05) is 11.6 Å². The Bertz CT molecular complexity index is 409. The number of piperazine rings is 1. The molecule has 1 saturated heterocycles. The fourth-order valence-electron chi connectivity index (χ4n) is 2.20. The molecular weight excluding hydrogens is 266 g/mol. The van der Waals surface area contributed by atoms with Gasteiger partial charge in [-0.2, -0.15) is 0 Å². The SMILES string of the molecule is NNc1ccc(Cl)c(CN2CCN(CCO)CC2)n1. The second-order valence-electron chi connectivity index (χ2n) is 4.61. The van der Waals surface area contributed by atoms with Crippen molar-refractivity contribution in [2.24, 2.45) is 5.84 Å². The smallest absolute Gasteiger partial charge is 0.140 e. The molecule has 0 spiro atoms. The molecule has 6 nitrogen and oxygen atoms in total. The number of β-amino-alcohol motifs (C(OH)–C–C–N with tert-alkyl or cyclic N) is 1. The summed E-state index contributed by atoms with van der Waals surface area (Å²) in [5.74, 6) is 5.98. The van der Waals surface area contributed by atoms with E-state index in [1.165, 1.54) is 0 Å². The predicted octanol–water partition coefficient (Wildman–Crippen LogP) is 0.131. The van der Waals surface area contributed by atoms with Gasteiger partial charge in [0, 0.05) is 39.3 Å². The molecule has 0 atom stereocenters. The molecular formula is C12H20ClN5O. The number of aliphatic hydroxyl groups excluding tert-OH is 1. The lowest BCUT2D eigenvalue weighted by atomic mass is 10.2. The number of pyridine rings is 1. The van der Waals surface area contributed by atoms with Gasteiger partial charge in [0.25, 0.3) is 0 Å². The molecule has 0 aromatic carbocycles. The van der Waals surface area contributed by atoms with Crippen LogP contribution in [0.4, 0.5) is 5.82 Å². The van der Waals surface area contributed by atoms with Crippen LogP contribution in [0.1, 0.15) is 5.69 Å². The Morgan fingerprint density at radius 3 is 2.58 bits per heavy atom. The van der Waals surface area contributed by atoms with Crippen LogP contribution in [-0.4, -0.2) is 59.2 Å². The fraction of sp³-hybridized carbons (Fsp3) is 0.583. The van der Waals surface area contributed by atoms with Crippen LogP contribution in [0, 0.1) is 0 Å². The number of nitrogens with one attached hydrogen (secondary N) is 1. The molecule has 1 aromatic rings. The zero-order valence-electron chi connectivity index (χ0n) is 10.8. The lowest BCUT2D eigenvalue weighted by molar-refractivity contribution is 0.108. The Balaban J connectivity index is 1.91. The minimum atomic E-state index is 0.220. The Morgan fingerprint density at radius 1 is 1.26 bits per heavy atom. The van der Waals surface area contributed by atoms with Crippen molar-refractivity contribution in [2.45, 2.75) is 6.54 Å². The van der Waals surface area contributed by atoms with E-state index < -0.39 is 0 Å². The average molecular weight is 286 g/mol. The molecule has 2 rings (SSSR count). The molecule has 2 heterocycles. The number of rotatable bonds is 5. The summed E-state index contributed by atoms with van der Waals surface area (Å²) in [4.78, 5) is 8.94. The van der Waals surface area contributed by atoms with Crippen molar-refractivity contribution in [2.75, 3.05) is 44.8 Å². The van der Waals surface area contributed by atoms with Crippen LogP contribution in [0.15, 0.2) is 12.1 Å². The molecule has 0 saturated carbocycles. The van der Waals surface area contributed by atoms with Gasteiger partial charge in [-0.25, -0.2) is 10.8 Å². The van der Waals surface area contributed by atoms with Gasteiger partial charge in [-0.15, -0.1) is 0 Å². The van der Waals surface area contributed by atoms with E-state index in [1.54, 1.807) is 12.1 Å². The number of aromatic nitrogens is 1. The summed E-state index contributed by atoms with van der Waals surface area (Å²) >= 11 is 6.15. The van der Waals surface area contributed by atoms with Crippen LogP contribution in [0.25, 0.3) is 0 Å². The van der Waals surface area contributed by atoms with Gasteiger partial charge in [0.1, 0.15) is 5.82 Å². The highest BCUT2D eigenvalue weighted by Crippen LogP contribution is 2.18. The highest BCUT2D eigenvalue weighted by molar-refractivity contribution is 6.31. The standard InChI is InChI=1S/C12H20ClN5O/c13-10-1-2-12(16-14)15-11(10)9-18-5-3-17(4-6-18)7-8-19/h1-2,19H,3-9,14H2,(H,15,16). The van der Waals surface area contributed by atoms with E-state index >= 15 is 0 Å². The summed E-state index contributed by atoms with van der Waals surface area (Å²) in [6.07, 6.45) is 0. The van der Waals surface area contributed by atoms with Crippen molar-refractivity contribution in [3.63, 3.8) is 0 Å². The Morgan fingerprint density at radius 2 is 1.95 bits per heavy atom. The van der Waals surface area contributed by atoms with Crippen LogP contribution in [0.5, 0.6) is 0 Å². The van der Waals surface area contributed by atoms with Gasteiger partial charge in [0.15, 0.2) is 0 Å². The van der Waals surface area contributed by atoms with E-state index in [-0.39, 0.29) is 6.61 Å². The molecule has 7 heteroatoms. The van der Waals surface area contributed by atoms with Gasteiger partial charge >= 0.3 is 0 Å². The zero-order chi connectivity index (χ0) is 13.7. The van der Waals surface area contributed by atoms with E-state index in [1.807, 2.05) is 0 Å². The van der Waals surface area contributed by atoms with E-state index in [2.05, 4.69) is 20.2 Å². The molecule has 1 fully saturated rings. The van der Waals surface area contributed by atoms with Crippen LogP contribution in [0.2, 0.25) is 5.02 Å². The first-order valence-corrected chi connectivity index (χ1v) is 6.78. The maximum absolute atomic E-state index is 8.91. The van der Waals surface area contributed by atoms with Gasteiger partial charge in [-0.05, 0) is 12.1 Å². The third kappa shape index (κ3) is 4.02. The summed E-state index contributed by atoms with van der Waals surface area (Å²) in [6.45, 7) is 5.54. The maximum Gasteiger partial charge on any atom is 0.140 e. The maximum atomic E-state index is 8.91. The molecule has 0 amide bonds.